The van der Waals surface area contributed by atoms with E-state index in [1.54, 1.807) is 26.1 Å². The molecule has 0 aromatic rings. The van der Waals surface area contributed by atoms with Crippen molar-refractivity contribution < 1.29 is 14.6 Å². The number of piperidine rings is 1. The molecule has 1 aliphatic heterocycles. The molecule has 2 fully saturated rings. The first kappa shape index (κ1) is 16.7. The first-order valence-electron chi connectivity index (χ1n) is 8.02. The van der Waals surface area contributed by atoms with Gasteiger partial charge in [-0.1, -0.05) is 6.42 Å². The van der Waals surface area contributed by atoms with E-state index in [1.165, 1.54) is 19.3 Å². The van der Waals surface area contributed by atoms with Gasteiger partial charge < -0.3 is 14.7 Å². The first-order chi connectivity index (χ1) is 9.88. The van der Waals surface area contributed by atoms with Crippen LogP contribution in [0.25, 0.3) is 0 Å². The highest BCUT2D eigenvalue weighted by molar-refractivity contribution is 5.76. The Morgan fingerprint density at radius 3 is 2.52 bits per heavy atom. The van der Waals surface area contributed by atoms with Crippen LogP contribution in [0, 0.1) is 5.41 Å². The molecule has 1 atom stereocenters. The summed E-state index contributed by atoms with van der Waals surface area (Å²) in [5.74, 6) is 0.00889. The number of methoxy groups -OCH3 is 1. The maximum atomic E-state index is 11.9. The highest BCUT2D eigenvalue weighted by atomic mass is 16.5. The number of carbonyl (C=O) groups excluding carboxylic acids is 1. The summed E-state index contributed by atoms with van der Waals surface area (Å²) >= 11 is 0. The van der Waals surface area contributed by atoms with Crippen LogP contribution in [0.2, 0.25) is 0 Å². The zero-order valence-corrected chi connectivity index (χ0v) is 13.7. The van der Waals surface area contributed by atoms with E-state index in [2.05, 4.69) is 4.90 Å². The van der Waals surface area contributed by atoms with Crippen molar-refractivity contribution in [2.45, 2.75) is 44.1 Å². The highest BCUT2D eigenvalue weighted by Crippen LogP contribution is 2.42. The fourth-order valence-electron chi connectivity index (χ4n) is 3.73. The van der Waals surface area contributed by atoms with Crippen LogP contribution in [-0.4, -0.2) is 73.9 Å². The van der Waals surface area contributed by atoms with Crippen LogP contribution in [0.3, 0.4) is 0 Å². The Morgan fingerprint density at radius 1 is 1.29 bits per heavy atom. The molecule has 2 rings (SSSR count). The van der Waals surface area contributed by atoms with Gasteiger partial charge in [-0.15, -0.1) is 0 Å². The van der Waals surface area contributed by atoms with Gasteiger partial charge in [0.2, 0.25) is 5.91 Å². The quantitative estimate of drug-likeness (QED) is 0.798. The minimum atomic E-state index is -0.863. The maximum Gasteiger partial charge on any atom is 0.224 e. The van der Waals surface area contributed by atoms with Gasteiger partial charge in [0.05, 0.1) is 18.6 Å². The van der Waals surface area contributed by atoms with Crippen LogP contribution in [-0.2, 0) is 9.53 Å². The van der Waals surface area contributed by atoms with Gasteiger partial charge in [-0.3, -0.25) is 9.69 Å². The number of amides is 1. The molecule has 21 heavy (non-hydrogen) atoms. The van der Waals surface area contributed by atoms with E-state index in [4.69, 9.17) is 4.74 Å². The average molecular weight is 298 g/mol. The van der Waals surface area contributed by atoms with Crippen LogP contribution in [0.15, 0.2) is 0 Å². The molecule has 122 valence electrons. The molecule has 0 bridgehead atoms. The van der Waals surface area contributed by atoms with Crippen molar-refractivity contribution in [3.8, 4) is 0 Å². The SMILES string of the molecule is COCC1(CN2CCCC(O)(CC(=O)N(C)C)C2)CCC1. The predicted octanol–water partition coefficient (Wildman–Crippen LogP) is 1.11. The summed E-state index contributed by atoms with van der Waals surface area (Å²) < 4.78 is 5.39. The normalized spacial score (nSPS) is 29.0. The lowest BCUT2D eigenvalue weighted by atomic mass is 9.68. The molecule has 1 saturated carbocycles. The van der Waals surface area contributed by atoms with Gasteiger partial charge in [0.1, 0.15) is 0 Å². The van der Waals surface area contributed by atoms with E-state index >= 15 is 0 Å². The van der Waals surface area contributed by atoms with Crippen LogP contribution < -0.4 is 0 Å². The fourth-order valence-corrected chi connectivity index (χ4v) is 3.73. The molecule has 1 saturated heterocycles. The number of hydrogen-bond acceptors (Lipinski definition) is 4. The van der Waals surface area contributed by atoms with Crippen molar-refractivity contribution in [2.24, 2.45) is 5.41 Å². The second kappa shape index (κ2) is 6.63. The van der Waals surface area contributed by atoms with Gasteiger partial charge >= 0.3 is 0 Å². The van der Waals surface area contributed by atoms with Crippen molar-refractivity contribution in [2.75, 3.05) is 47.4 Å². The smallest absolute Gasteiger partial charge is 0.224 e. The predicted molar refractivity (Wildman–Crippen MR) is 82.1 cm³/mol. The minimum absolute atomic E-state index is 0.00889. The van der Waals surface area contributed by atoms with E-state index in [0.29, 0.717) is 6.54 Å². The summed E-state index contributed by atoms with van der Waals surface area (Å²) in [5, 5.41) is 10.8. The molecular weight excluding hydrogens is 268 g/mol. The van der Waals surface area contributed by atoms with Crippen LogP contribution >= 0.6 is 0 Å². The molecule has 1 N–H and O–H groups in total. The fraction of sp³-hybridized carbons (Fsp3) is 0.938. The van der Waals surface area contributed by atoms with Gasteiger partial charge in [-0.05, 0) is 32.2 Å². The summed E-state index contributed by atoms with van der Waals surface area (Å²) in [7, 11) is 5.25. The molecule has 1 amide bonds. The topological polar surface area (TPSA) is 53.0 Å². The molecule has 0 aromatic carbocycles. The van der Waals surface area contributed by atoms with E-state index in [9.17, 15) is 9.90 Å². The molecule has 1 unspecified atom stereocenters. The lowest BCUT2D eigenvalue weighted by Gasteiger charge is -2.48. The number of β-amino-alcohol motifs (C(OH)–C–C–N with tert-alkyl or cyclic N) is 1. The summed E-state index contributed by atoms with van der Waals surface area (Å²) in [4.78, 5) is 15.8. The van der Waals surface area contributed by atoms with Crippen molar-refractivity contribution in [1.29, 1.82) is 0 Å². The number of carbonyl (C=O) groups is 1. The Hall–Kier alpha value is -0.650. The van der Waals surface area contributed by atoms with Crippen molar-refractivity contribution >= 4 is 5.91 Å². The Morgan fingerprint density at radius 2 is 2.00 bits per heavy atom. The second-order valence-electron chi connectivity index (χ2n) is 7.29. The molecule has 5 heteroatoms. The lowest BCUT2D eigenvalue weighted by molar-refractivity contribution is -0.137. The van der Waals surface area contributed by atoms with E-state index in [-0.39, 0.29) is 17.7 Å². The van der Waals surface area contributed by atoms with Crippen LogP contribution in [0.5, 0.6) is 0 Å². The molecule has 0 spiro atoms. The van der Waals surface area contributed by atoms with Crippen molar-refractivity contribution in [3.63, 3.8) is 0 Å². The largest absolute Gasteiger partial charge is 0.388 e. The highest BCUT2D eigenvalue weighted by Gasteiger charge is 2.42. The van der Waals surface area contributed by atoms with E-state index < -0.39 is 5.60 Å². The average Bonchev–Trinajstić information content (AvgIpc) is 2.35. The van der Waals surface area contributed by atoms with Crippen molar-refractivity contribution in [1.82, 2.24) is 9.80 Å². The van der Waals surface area contributed by atoms with Gasteiger partial charge in [0.25, 0.3) is 0 Å². The lowest BCUT2D eigenvalue weighted by Crippen LogP contribution is -2.54. The Kier molecular flexibility index (Phi) is 5.28. The molecular formula is C16H30N2O3. The Balaban J connectivity index is 1.92. The standard InChI is InChI=1S/C16H30N2O3/c1-17(2)14(19)10-16(20)8-5-9-18(12-16)11-15(13-21-3)6-4-7-15/h20H,4-13H2,1-3H3. The minimum Gasteiger partial charge on any atom is -0.388 e. The molecule has 0 aromatic heterocycles. The molecule has 1 aliphatic carbocycles. The van der Waals surface area contributed by atoms with Crippen LogP contribution in [0.4, 0.5) is 0 Å². The molecule has 0 radical (unpaired) electrons. The van der Waals surface area contributed by atoms with Gasteiger partial charge in [-0.25, -0.2) is 0 Å². The Labute approximate surface area is 128 Å². The summed E-state index contributed by atoms with van der Waals surface area (Å²) in [6.45, 7) is 3.42. The number of aliphatic hydroxyl groups is 1. The van der Waals surface area contributed by atoms with E-state index in [0.717, 1.165) is 32.5 Å². The first-order valence-corrected chi connectivity index (χ1v) is 8.02. The monoisotopic (exact) mass is 298 g/mol. The molecule has 2 aliphatic rings. The molecule has 1 heterocycles. The van der Waals surface area contributed by atoms with Gasteiger partial charge in [0, 0.05) is 39.7 Å². The number of rotatable bonds is 6. The van der Waals surface area contributed by atoms with Gasteiger partial charge in [0.15, 0.2) is 0 Å². The summed E-state index contributed by atoms with van der Waals surface area (Å²) in [6.07, 6.45) is 5.62. The van der Waals surface area contributed by atoms with E-state index in [1.807, 2.05) is 0 Å². The third-order valence-electron chi connectivity index (χ3n) is 5.04. The summed E-state index contributed by atoms with van der Waals surface area (Å²) in [6, 6.07) is 0. The second-order valence-corrected chi connectivity index (χ2v) is 7.29. The number of ether oxygens (including phenoxy) is 1. The Bertz CT molecular complexity index is 369. The third-order valence-corrected chi connectivity index (χ3v) is 5.04. The zero-order chi connectivity index (χ0) is 15.5. The number of hydrogen-bond donors (Lipinski definition) is 1. The third kappa shape index (κ3) is 4.18. The number of likely N-dealkylation sites (tertiary alicyclic amines) is 1. The number of nitrogens with zero attached hydrogens (tertiary/aromatic N) is 2. The summed E-state index contributed by atoms with van der Waals surface area (Å²) in [5.41, 5.74) is -0.587. The van der Waals surface area contributed by atoms with Crippen molar-refractivity contribution in [3.05, 3.63) is 0 Å². The van der Waals surface area contributed by atoms with Crippen LogP contribution in [0.1, 0.15) is 38.5 Å². The zero-order valence-electron chi connectivity index (χ0n) is 13.7. The maximum absolute atomic E-state index is 11.9. The molecule has 5 nitrogen and oxygen atoms in total. The van der Waals surface area contributed by atoms with Gasteiger partial charge in [-0.2, -0.15) is 0 Å².